The van der Waals surface area contributed by atoms with Gasteiger partial charge in [-0.25, -0.2) is 3.63 Å². The SMILES string of the molecule is C=CS(C)(C)OS(=O)(=O)C(F)(F)F. The molecule has 0 aromatic carbocycles. The molecule has 0 fully saturated rings. The molecule has 0 heterocycles. The molecule has 0 bridgehead atoms. The van der Waals surface area contributed by atoms with Crippen LogP contribution in [0.4, 0.5) is 13.2 Å². The summed E-state index contributed by atoms with van der Waals surface area (Å²) in [6.07, 6.45) is 2.48. The Morgan fingerprint density at radius 1 is 1.31 bits per heavy atom. The van der Waals surface area contributed by atoms with E-state index in [1.54, 1.807) is 0 Å². The minimum absolute atomic E-state index is 1.05. The zero-order valence-corrected chi connectivity index (χ0v) is 8.59. The van der Waals surface area contributed by atoms with Crippen LogP contribution >= 0.6 is 10.3 Å². The highest BCUT2D eigenvalue weighted by molar-refractivity contribution is 8.34. The van der Waals surface area contributed by atoms with Crippen molar-refractivity contribution in [2.75, 3.05) is 12.5 Å². The Morgan fingerprint density at radius 3 is 1.92 bits per heavy atom. The number of hydrogen-bond donors (Lipinski definition) is 0. The van der Waals surface area contributed by atoms with Crippen molar-refractivity contribution in [1.29, 1.82) is 0 Å². The van der Waals surface area contributed by atoms with Gasteiger partial charge in [0, 0.05) is 0 Å². The Kier molecular flexibility index (Phi) is 3.45. The van der Waals surface area contributed by atoms with Gasteiger partial charge >= 0.3 is 15.6 Å². The lowest BCUT2D eigenvalue weighted by Gasteiger charge is -2.25. The average molecular weight is 238 g/mol. The molecule has 0 atom stereocenters. The van der Waals surface area contributed by atoms with Crippen molar-refractivity contribution in [1.82, 2.24) is 0 Å². The molecule has 0 amide bonds. The second-order valence-electron chi connectivity index (χ2n) is 2.44. The van der Waals surface area contributed by atoms with E-state index in [1.807, 2.05) is 0 Å². The van der Waals surface area contributed by atoms with Gasteiger partial charge in [0.25, 0.3) is 0 Å². The highest BCUT2D eigenvalue weighted by atomic mass is 32.3. The Bertz CT molecular complexity index is 291. The highest BCUT2D eigenvalue weighted by Crippen LogP contribution is 2.46. The Balaban J connectivity index is 4.84. The fourth-order valence-corrected chi connectivity index (χ4v) is 2.68. The van der Waals surface area contributed by atoms with Crippen LogP contribution in [-0.4, -0.2) is 26.4 Å². The van der Waals surface area contributed by atoms with Crippen LogP contribution in [0.3, 0.4) is 0 Å². The number of alkyl halides is 3. The zero-order valence-electron chi connectivity index (χ0n) is 6.96. The summed E-state index contributed by atoms with van der Waals surface area (Å²) in [5.74, 6) is 0. The van der Waals surface area contributed by atoms with E-state index in [0.29, 0.717) is 0 Å². The van der Waals surface area contributed by atoms with Crippen LogP contribution in [0, 0.1) is 0 Å². The van der Waals surface area contributed by atoms with Crippen molar-refractivity contribution in [3.05, 3.63) is 12.0 Å². The molecule has 0 aliphatic carbocycles. The van der Waals surface area contributed by atoms with Crippen LogP contribution in [0.1, 0.15) is 0 Å². The summed E-state index contributed by atoms with van der Waals surface area (Å²) in [6.45, 7) is 3.18. The molecule has 0 saturated carbocycles. The number of hydrogen-bond acceptors (Lipinski definition) is 3. The van der Waals surface area contributed by atoms with Gasteiger partial charge in [0.15, 0.2) is 0 Å². The maximum absolute atomic E-state index is 11.8. The molecule has 0 aromatic heterocycles. The maximum Gasteiger partial charge on any atom is 0.523 e. The molecule has 13 heavy (non-hydrogen) atoms. The first-order valence-electron chi connectivity index (χ1n) is 2.90. The normalized spacial score (nSPS) is 15.5. The lowest BCUT2D eigenvalue weighted by Crippen LogP contribution is -2.26. The van der Waals surface area contributed by atoms with Crippen LogP contribution < -0.4 is 0 Å². The smallest absolute Gasteiger partial charge is 0.210 e. The minimum atomic E-state index is -5.50. The molecule has 0 radical (unpaired) electrons. The summed E-state index contributed by atoms with van der Waals surface area (Å²) >= 11 is 0. The Morgan fingerprint density at radius 2 is 1.69 bits per heavy atom. The molecule has 0 aliphatic rings. The summed E-state index contributed by atoms with van der Waals surface area (Å²) in [7, 11) is -7.91. The van der Waals surface area contributed by atoms with E-state index < -0.39 is 25.9 Å². The second-order valence-corrected chi connectivity index (χ2v) is 7.31. The summed E-state index contributed by atoms with van der Waals surface area (Å²) in [4.78, 5) is 0. The molecule has 80 valence electrons. The Hall–Kier alpha value is -0.210. The lowest BCUT2D eigenvalue weighted by molar-refractivity contribution is -0.0495. The molecular weight excluding hydrogens is 229 g/mol. The third kappa shape index (κ3) is 3.57. The van der Waals surface area contributed by atoms with Crippen LogP contribution in [-0.2, 0) is 13.7 Å². The standard InChI is InChI=1S/C5H9F3O3S2/c1-4-12(2,3)11-13(9,10)5(6,7)8/h4H,1H2,2-3H3. The van der Waals surface area contributed by atoms with Gasteiger partial charge in [-0.2, -0.15) is 21.6 Å². The highest BCUT2D eigenvalue weighted by Gasteiger charge is 2.49. The molecule has 0 N–H and O–H groups in total. The van der Waals surface area contributed by atoms with Crippen molar-refractivity contribution in [3.63, 3.8) is 0 Å². The van der Waals surface area contributed by atoms with Crippen LogP contribution in [0.2, 0.25) is 0 Å². The first-order valence-corrected chi connectivity index (χ1v) is 6.74. The predicted octanol–water partition coefficient (Wildman–Crippen LogP) is 1.98. The van der Waals surface area contributed by atoms with E-state index in [2.05, 4.69) is 10.2 Å². The summed E-state index contributed by atoms with van der Waals surface area (Å²) < 4.78 is 60.2. The molecule has 0 rings (SSSR count). The lowest BCUT2D eigenvalue weighted by atomic mass is 11.3. The third-order valence-electron chi connectivity index (χ3n) is 0.950. The molecule has 0 aliphatic heterocycles. The van der Waals surface area contributed by atoms with Crippen molar-refractivity contribution in [2.24, 2.45) is 0 Å². The zero-order chi connectivity index (χ0) is 10.9. The van der Waals surface area contributed by atoms with E-state index >= 15 is 0 Å². The van der Waals surface area contributed by atoms with Gasteiger partial charge in [0.05, 0.1) is 0 Å². The van der Waals surface area contributed by atoms with E-state index in [9.17, 15) is 21.6 Å². The monoisotopic (exact) mass is 238 g/mol. The molecule has 0 unspecified atom stereocenters. The fraction of sp³-hybridized carbons (Fsp3) is 0.600. The van der Waals surface area contributed by atoms with Gasteiger partial charge in [0.2, 0.25) is 0 Å². The second kappa shape index (κ2) is 3.50. The summed E-state index contributed by atoms with van der Waals surface area (Å²) in [5.41, 5.74) is -5.37. The van der Waals surface area contributed by atoms with Crippen LogP contribution in [0.15, 0.2) is 12.0 Å². The van der Waals surface area contributed by atoms with Crippen molar-refractivity contribution < 1.29 is 25.2 Å². The molecule has 0 aromatic rings. The number of rotatable bonds is 3. The fourth-order valence-electron chi connectivity index (χ4n) is 0.297. The first kappa shape index (κ1) is 12.8. The molecule has 3 nitrogen and oxygen atoms in total. The third-order valence-corrected chi connectivity index (χ3v) is 4.44. The number of halogens is 3. The van der Waals surface area contributed by atoms with Gasteiger partial charge in [-0.3, -0.25) is 0 Å². The predicted molar refractivity (Wildman–Crippen MR) is 45.7 cm³/mol. The average Bonchev–Trinajstić information content (AvgIpc) is 1.83. The maximum atomic E-state index is 11.8. The first-order chi connectivity index (χ1) is 5.52. The van der Waals surface area contributed by atoms with Gasteiger partial charge in [-0.05, 0) is 17.9 Å². The van der Waals surface area contributed by atoms with Crippen LogP contribution in [0.5, 0.6) is 0 Å². The van der Waals surface area contributed by atoms with Gasteiger partial charge in [-0.1, -0.05) is 6.58 Å². The summed E-state index contributed by atoms with van der Waals surface area (Å²) in [5, 5.41) is 1.05. The van der Waals surface area contributed by atoms with Crippen molar-refractivity contribution >= 4 is 20.4 Å². The Labute approximate surface area is 76.2 Å². The minimum Gasteiger partial charge on any atom is -0.210 e. The topological polar surface area (TPSA) is 43.4 Å². The molecule has 8 heteroatoms. The van der Waals surface area contributed by atoms with Crippen molar-refractivity contribution in [3.8, 4) is 0 Å². The van der Waals surface area contributed by atoms with Gasteiger partial charge < -0.3 is 0 Å². The van der Waals surface area contributed by atoms with Crippen LogP contribution in [0.25, 0.3) is 0 Å². The largest absolute Gasteiger partial charge is 0.523 e. The van der Waals surface area contributed by atoms with Gasteiger partial charge in [0.1, 0.15) is 0 Å². The molecular formula is C5H9F3O3S2. The van der Waals surface area contributed by atoms with Gasteiger partial charge in [-0.15, -0.1) is 10.3 Å². The summed E-state index contributed by atoms with van der Waals surface area (Å²) in [6, 6.07) is 0. The van der Waals surface area contributed by atoms with E-state index in [1.165, 1.54) is 12.5 Å². The van der Waals surface area contributed by atoms with E-state index in [0.717, 1.165) is 5.41 Å². The molecule has 0 saturated heterocycles. The molecule has 0 spiro atoms. The van der Waals surface area contributed by atoms with E-state index in [-0.39, 0.29) is 0 Å². The van der Waals surface area contributed by atoms with Crippen molar-refractivity contribution in [2.45, 2.75) is 5.51 Å². The van der Waals surface area contributed by atoms with E-state index in [4.69, 9.17) is 0 Å². The quantitative estimate of drug-likeness (QED) is 0.706.